The van der Waals surface area contributed by atoms with Crippen molar-refractivity contribution in [3.63, 3.8) is 0 Å². The third kappa shape index (κ3) is 3.22. The fourth-order valence-corrected chi connectivity index (χ4v) is 1.25. The van der Waals surface area contributed by atoms with Gasteiger partial charge in [-0.1, -0.05) is 20.3 Å². The molecule has 16 heavy (non-hydrogen) atoms. The Kier molecular flexibility index (Phi) is 4.28. The zero-order valence-corrected chi connectivity index (χ0v) is 9.59. The summed E-state index contributed by atoms with van der Waals surface area (Å²) in [6.07, 6.45) is 0.999. The van der Waals surface area contributed by atoms with Gasteiger partial charge in [0.25, 0.3) is 5.91 Å². The quantitative estimate of drug-likeness (QED) is 0.770. The van der Waals surface area contributed by atoms with Gasteiger partial charge in [-0.05, 0) is 24.1 Å². The predicted molar refractivity (Wildman–Crippen MR) is 62.6 cm³/mol. The van der Waals surface area contributed by atoms with E-state index in [1.54, 1.807) is 0 Å². The van der Waals surface area contributed by atoms with Gasteiger partial charge in [0.1, 0.15) is 5.82 Å². The molecular weight excluding hydrogens is 207 g/mol. The number of carbonyl (C=O) groups excluding carboxylic acids is 1. The maximum absolute atomic E-state index is 12.8. The largest absolute Gasteiger partial charge is 0.398 e. The predicted octanol–water partition coefficient (Wildman–Crippen LogP) is 2.18. The molecule has 1 aromatic carbocycles. The lowest BCUT2D eigenvalue weighted by atomic mass is 10.1. The van der Waals surface area contributed by atoms with Crippen LogP contribution in [0, 0.1) is 11.7 Å². The van der Waals surface area contributed by atoms with Crippen LogP contribution in [0.15, 0.2) is 18.2 Å². The molecule has 1 rings (SSSR count). The van der Waals surface area contributed by atoms with Crippen LogP contribution in [0.3, 0.4) is 0 Å². The number of halogens is 1. The lowest BCUT2D eigenvalue weighted by Gasteiger charge is -2.11. The summed E-state index contributed by atoms with van der Waals surface area (Å²) < 4.78 is 12.8. The van der Waals surface area contributed by atoms with Crippen molar-refractivity contribution in [2.45, 2.75) is 20.3 Å². The van der Waals surface area contributed by atoms with Crippen LogP contribution in [0.2, 0.25) is 0 Å². The van der Waals surface area contributed by atoms with Crippen LogP contribution >= 0.6 is 0 Å². The van der Waals surface area contributed by atoms with Gasteiger partial charge in [-0.15, -0.1) is 0 Å². The Labute approximate surface area is 94.8 Å². The fourth-order valence-electron chi connectivity index (χ4n) is 1.25. The molecule has 1 aromatic rings. The van der Waals surface area contributed by atoms with Crippen molar-refractivity contribution < 1.29 is 9.18 Å². The Morgan fingerprint density at radius 1 is 1.56 bits per heavy atom. The van der Waals surface area contributed by atoms with Gasteiger partial charge in [-0.25, -0.2) is 4.39 Å². The summed E-state index contributed by atoms with van der Waals surface area (Å²) in [6, 6.07) is 3.78. The molecule has 0 aliphatic heterocycles. The summed E-state index contributed by atoms with van der Waals surface area (Å²) >= 11 is 0. The molecule has 1 unspecified atom stereocenters. The number of hydrogen-bond donors (Lipinski definition) is 2. The average Bonchev–Trinajstić information content (AvgIpc) is 2.25. The number of nitrogen functional groups attached to an aromatic ring is 1. The van der Waals surface area contributed by atoms with Crippen molar-refractivity contribution in [3.8, 4) is 0 Å². The number of benzene rings is 1. The van der Waals surface area contributed by atoms with Crippen LogP contribution in [0.1, 0.15) is 30.6 Å². The molecular formula is C12H17FN2O. The molecule has 0 fully saturated rings. The van der Waals surface area contributed by atoms with Gasteiger partial charge < -0.3 is 11.1 Å². The van der Waals surface area contributed by atoms with Gasteiger partial charge in [0.2, 0.25) is 0 Å². The Bertz CT molecular complexity index is 379. The highest BCUT2D eigenvalue weighted by Gasteiger charge is 2.10. The summed E-state index contributed by atoms with van der Waals surface area (Å²) in [5, 5.41) is 2.77. The molecule has 1 amide bonds. The van der Waals surface area contributed by atoms with E-state index in [0.29, 0.717) is 18.0 Å². The van der Waals surface area contributed by atoms with Gasteiger partial charge >= 0.3 is 0 Å². The highest BCUT2D eigenvalue weighted by Crippen LogP contribution is 2.13. The number of carbonyl (C=O) groups is 1. The summed E-state index contributed by atoms with van der Waals surface area (Å²) in [5.41, 5.74) is 6.05. The minimum atomic E-state index is -0.434. The zero-order valence-electron chi connectivity index (χ0n) is 9.59. The van der Waals surface area contributed by atoms with Gasteiger partial charge in [0.05, 0.1) is 5.56 Å². The summed E-state index contributed by atoms with van der Waals surface area (Å²) in [7, 11) is 0. The first-order valence-corrected chi connectivity index (χ1v) is 5.37. The van der Waals surface area contributed by atoms with Crippen molar-refractivity contribution in [1.82, 2.24) is 5.32 Å². The zero-order chi connectivity index (χ0) is 12.1. The van der Waals surface area contributed by atoms with Crippen LogP contribution in [0.25, 0.3) is 0 Å². The summed E-state index contributed by atoms with van der Waals surface area (Å²) in [5.74, 6) is -0.264. The Morgan fingerprint density at radius 3 is 2.81 bits per heavy atom. The molecule has 0 aliphatic rings. The Morgan fingerprint density at radius 2 is 2.25 bits per heavy atom. The van der Waals surface area contributed by atoms with E-state index in [1.165, 1.54) is 12.1 Å². The third-order valence-electron chi connectivity index (χ3n) is 2.57. The maximum atomic E-state index is 12.8. The number of hydrogen-bond acceptors (Lipinski definition) is 2. The van der Waals surface area contributed by atoms with Crippen LogP contribution in [-0.2, 0) is 0 Å². The second-order valence-corrected chi connectivity index (χ2v) is 3.96. The van der Waals surface area contributed by atoms with E-state index in [9.17, 15) is 9.18 Å². The van der Waals surface area contributed by atoms with Crippen molar-refractivity contribution in [3.05, 3.63) is 29.6 Å². The monoisotopic (exact) mass is 224 g/mol. The third-order valence-corrected chi connectivity index (χ3v) is 2.57. The van der Waals surface area contributed by atoms with E-state index in [4.69, 9.17) is 5.73 Å². The molecule has 1 atom stereocenters. The van der Waals surface area contributed by atoms with Gasteiger partial charge in [-0.2, -0.15) is 0 Å². The molecule has 3 nitrogen and oxygen atoms in total. The number of nitrogens with one attached hydrogen (secondary N) is 1. The topological polar surface area (TPSA) is 55.1 Å². The lowest BCUT2D eigenvalue weighted by molar-refractivity contribution is 0.0948. The van der Waals surface area contributed by atoms with Gasteiger partial charge in [0, 0.05) is 12.2 Å². The molecule has 88 valence electrons. The summed E-state index contributed by atoms with van der Waals surface area (Å²) in [6.45, 7) is 4.71. The van der Waals surface area contributed by atoms with Crippen molar-refractivity contribution >= 4 is 11.6 Å². The number of nitrogens with two attached hydrogens (primary N) is 1. The molecule has 0 aromatic heterocycles. The molecule has 0 heterocycles. The molecule has 0 bridgehead atoms. The highest BCUT2D eigenvalue weighted by molar-refractivity contribution is 5.99. The van der Waals surface area contributed by atoms with Crippen LogP contribution in [-0.4, -0.2) is 12.5 Å². The standard InChI is InChI=1S/C12H17FN2O/c1-3-8(2)7-15-12(16)10-5-4-9(13)6-11(10)14/h4-6,8H,3,7,14H2,1-2H3,(H,15,16). The molecule has 0 spiro atoms. The Hall–Kier alpha value is -1.58. The first-order valence-electron chi connectivity index (χ1n) is 5.37. The first kappa shape index (κ1) is 12.5. The minimum absolute atomic E-state index is 0.168. The molecule has 3 N–H and O–H groups in total. The smallest absolute Gasteiger partial charge is 0.253 e. The average molecular weight is 224 g/mol. The van der Waals surface area contributed by atoms with Crippen molar-refractivity contribution in [2.75, 3.05) is 12.3 Å². The van der Waals surface area contributed by atoms with E-state index in [2.05, 4.69) is 12.2 Å². The fraction of sp³-hybridized carbons (Fsp3) is 0.417. The van der Waals surface area contributed by atoms with E-state index >= 15 is 0 Å². The molecule has 0 aliphatic carbocycles. The molecule has 0 saturated heterocycles. The van der Waals surface area contributed by atoms with E-state index in [-0.39, 0.29) is 11.6 Å². The normalized spacial score (nSPS) is 12.2. The van der Waals surface area contributed by atoms with E-state index in [0.717, 1.165) is 12.5 Å². The maximum Gasteiger partial charge on any atom is 0.253 e. The van der Waals surface area contributed by atoms with Crippen LogP contribution in [0.4, 0.5) is 10.1 Å². The van der Waals surface area contributed by atoms with Gasteiger partial charge in [-0.3, -0.25) is 4.79 Å². The Balaban J connectivity index is 2.66. The summed E-state index contributed by atoms with van der Waals surface area (Å²) in [4.78, 5) is 11.7. The number of anilines is 1. The van der Waals surface area contributed by atoms with Gasteiger partial charge in [0.15, 0.2) is 0 Å². The van der Waals surface area contributed by atoms with Crippen LogP contribution < -0.4 is 11.1 Å². The van der Waals surface area contributed by atoms with E-state index < -0.39 is 5.82 Å². The van der Waals surface area contributed by atoms with Crippen molar-refractivity contribution in [2.24, 2.45) is 5.92 Å². The number of rotatable bonds is 4. The highest BCUT2D eigenvalue weighted by atomic mass is 19.1. The number of amides is 1. The molecule has 4 heteroatoms. The van der Waals surface area contributed by atoms with Crippen molar-refractivity contribution in [1.29, 1.82) is 0 Å². The second kappa shape index (κ2) is 5.49. The second-order valence-electron chi connectivity index (χ2n) is 3.96. The van der Waals surface area contributed by atoms with E-state index in [1.807, 2.05) is 6.92 Å². The SMILES string of the molecule is CCC(C)CNC(=O)c1ccc(F)cc1N. The molecule has 0 radical (unpaired) electrons. The molecule has 0 saturated carbocycles. The lowest BCUT2D eigenvalue weighted by Crippen LogP contribution is -2.28. The first-order chi connectivity index (χ1) is 7.54. The minimum Gasteiger partial charge on any atom is -0.398 e. The van der Waals surface area contributed by atoms with Crippen LogP contribution in [0.5, 0.6) is 0 Å².